The van der Waals surface area contributed by atoms with E-state index in [9.17, 15) is 14.4 Å². The number of carboxylic acid groups (broad SMARTS) is 1. The van der Waals surface area contributed by atoms with Gasteiger partial charge in [-0.25, -0.2) is 4.98 Å². The number of thioether (sulfide) groups is 1. The van der Waals surface area contributed by atoms with Gasteiger partial charge in [-0.2, -0.15) is 0 Å². The number of carboxylic acids is 1. The molecule has 2 aromatic rings. The minimum Gasteiger partial charge on any atom is -0.481 e. The van der Waals surface area contributed by atoms with Crippen molar-refractivity contribution in [1.29, 1.82) is 0 Å². The minimum atomic E-state index is -0.734. The molecule has 38 heavy (non-hydrogen) atoms. The highest BCUT2D eigenvalue weighted by Crippen LogP contribution is 2.34. The first kappa shape index (κ1) is 28.3. The minimum absolute atomic E-state index is 0.146. The molecule has 204 valence electrons. The number of carbonyl (C=O) groups is 2. The Morgan fingerprint density at radius 1 is 1.08 bits per heavy atom. The van der Waals surface area contributed by atoms with E-state index in [1.165, 1.54) is 18.2 Å². The summed E-state index contributed by atoms with van der Waals surface area (Å²) in [6.07, 6.45) is 13.6. The summed E-state index contributed by atoms with van der Waals surface area (Å²) in [5.41, 5.74) is 1.84. The van der Waals surface area contributed by atoms with E-state index >= 15 is 0 Å². The van der Waals surface area contributed by atoms with Crippen LogP contribution in [0, 0.1) is 6.92 Å². The van der Waals surface area contributed by atoms with Crippen LogP contribution < -0.4 is 10.5 Å². The van der Waals surface area contributed by atoms with E-state index < -0.39 is 5.97 Å². The third kappa shape index (κ3) is 6.83. The highest BCUT2D eigenvalue weighted by atomic mass is 32.2. The molecule has 1 N–H and O–H groups in total. The number of aromatic nitrogens is 2. The zero-order valence-electron chi connectivity index (χ0n) is 22.0. The molecule has 0 unspecified atom stereocenters. The van der Waals surface area contributed by atoms with Crippen molar-refractivity contribution in [2.24, 2.45) is 0 Å². The largest absolute Gasteiger partial charge is 0.481 e. The van der Waals surface area contributed by atoms with Crippen LogP contribution >= 0.6 is 24.0 Å². The topological polar surface area (TPSA) is 95.2 Å². The average Bonchev–Trinajstić information content (AvgIpc) is 3.17. The Kier molecular flexibility index (Phi) is 9.96. The maximum Gasteiger partial charge on any atom is 0.303 e. The summed E-state index contributed by atoms with van der Waals surface area (Å²) in [6, 6.07) is 3.79. The molecule has 0 radical (unpaired) electrons. The second kappa shape index (κ2) is 13.4. The summed E-state index contributed by atoms with van der Waals surface area (Å²) in [5, 5.41) is 8.70. The Labute approximate surface area is 233 Å². The first-order chi connectivity index (χ1) is 18.4. The Bertz CT molecular complexity index is 1280. The van der Waals surface area contributed by atoms with E-state index in [1.807, 2.05) is 19.1 Å². The van der Waals surface area contributed by atoms with Gasteiger partial charge in [-0.15, -0.1) is 0 Å². The van der Waals surface area contributed by atoms with Gasteiger partial charge in [-0.3, -0.25) is 23.7 Å². The number of pyridine rings is 1. The number of nitrogens with zero attached hydrogens (tertiary/aromatic N) is 4. The van der Waals surface area contributed by atoms with Crippen molar-refractivity contribution in [3.63, 3.8) is 0 Å². The van der Waals surface area contributed by atoms with Gasteiger partial charge in [0.15, 0.2) is 0 Å². The molecule has 1 amide bonds. The van der Waals surface area contributed by atoms with Gasteiger partial charge in [0.2, 0.25) is 0 Å². The van der Waals surface area contributed by atoms with Gasteiger partial charge >= 0.3 is 5.97 Å². The number of thiocarbonyl (C=S) groups is 1. The molecule has 0 aliphatic carbocycles. The molecule has 2 aliphatic heterocycles. The molecule has 8 nitrogen and oxygen atoms in total. The number of rotatable bonds is 12. The quantitative estimate of drug-likeness (QED) is 0.211. The lowest BCUT2D eigenvalue weighted by atomic mass is 10.1. The lowest BCUT2D eigenvalue weighted by molar-refractivity contribution is -0.137. The van der Waals surface area contributed by atoms with E-state index in [0.29, 0.717) is 32.8 Å². The van der Waals surface area contributed by atoms with Crippen molar-refractivity contribution >= 4 is 57.7 Å². The molecule has 2 fully saturated rings. The monoisotopic (exact) mass is 556 g/mol. The molecular weight excluding hydrogens is 520 g/mol. The van der Waals surface area contributed by atoms with Crippen molar-refractivity contribution in [1.82, 2.24) is 14.3 Å². The van der Waals surface area contributed by atoms with Gasteiger partial charge < -0.3 is 10.0 Å². The van der Waals surface area contributed by atoms with Crippen LogP contribution in [-0.2, 0) is 9.59 Å². The number of aryl methyl sites for hydroxylation is 1. The second-order valence-electron chi connectivity index (χ2n) is 10.0. The Morgan fingerprint density at radius 3 is 2.47 bits per heavy atom. The molecule has 0 atom stereocenters. The van der Waals surface area contributed by atoms with E-state index in [2.05, 4.69) is 4.90 Å². The van der Waals surface area contributed by atoms with Crippen molar-refractivity contribution in [3.05, 3.63) is 44.7 Å². The van der Waals surface area contributed by atoms with E-state index in [4.69, 9.17) is 22.3 Å². The van der Waals surface area contributed by atoms with Gasteiger partial charge in [0.05, 0.1) is 10.5 Å². The molecule has 0 bridgehead atoms. The Balaban J connectivity index is 1.45. The lowest BCUT2D eigenvalue weighted by Gasteiger charge is -2.29. The fraction of sp³-hybridized carbons (Fsp3) is 0.536. The summed E-state index contributed by atoms with van der Waals surface area (Å²) in [5.74, 6) is -0.230. The third-order valence-corrected chi connectivity index (χ3v) is 8.52. The maximum atomic E-state index is 13.6. The van der Waals surface area contributed by atoms with E-state index in [-0.39, 0.29) is 17.9 Å². The van der Waals surface area contributed by atoms with Crippen LogP contribution in [0.25, 0.3) is 11.7 Å². The van der Waals surface area contributed by atoms with E-state index in [0.717, 1.165) is 76.4 Å². The van der Waals surface area contributed by atoms with Crippen LogP contribution in [0.3, 0.4) is 0 Å². The van der Waals surface area contributed by atoms with Crippen LogP contribution in [0.15, 0.2) is 28.0 Å². The zero-order valence-corrected chi connectivity index (χ0v) is 23.6. The van der Waals surface area contributed by atoms with Crippen LogP contribution in [-0.4, -0.2) is 55.2 Å². The predicted octanol–water partition coefficient (Wildman–Crippen LogP) is 5.40. The summed E-state index contributed by atoms with van der Waals surface area (Å²) in [6.45, 7) is 4.20. The van der Waals surface area contributed by atoms with Gasteiger partial charge in [-0.05, 0) is 56.7 Å². The number of unbranched alkanes of at least 4 members (excludes halogenated alkanes) is 6. The van der Waals surface area contributed by atoms with Crippen LogP contribution in [0.1, 0.15) is 81.8 Å². The molecule has 2 saturated heterocycles. The van der Waals surface area contributed by atoms with Crippen molar-refractivity contribution in [2.45, 2.75) is 77.6 Å². The number of fused-ring (bicyclic) bond motifs is 1. The number of anilines is 1. The predicted molar refractivity (Wildman–Crippen MR) is 157 cm³/mol. The normalized spacial score (nSPS) is 17.2. The molecule has 10 heteroatoms. The van der Waals surface area contributed by atoms with Crippen molar-refractivity contribution in [3.8, 4) is 0 Å². The maximum absolute atomic E-state index is 13.6. The van der Waals surface area contributed by atoms with Gasteiger partial charge in [-0.1, -0.05) is 62.2 Å². The smallest absolute Gasteiger partial charge is 0.303 e. The SMILES string of the molecule is Cc1cccn2c(=O)c(/C=C3\SC(=S)N(CCCCCCCCCC(=O)O)C3=O)c(N3CCCCC3)nc12. The summed E-state index contributed by atoms with van der Waals surface area (Å²) < 4.78 is 2.09. The molecule has 0 spiro atoms. The second-order valence-corrected chi connectivity index (χ2v) is 11.7. The fourth-order valence-corrected chi connectivity index (χ4v) is 6.32. The number of carbonyl (C=O) groups excluding carboxylic acids is 1. The first-order valence-electron chi connectivity index (χ1n) is 13.6. The number of hydrogen-bond donors (Lipinski definition) is 1. The van der Waals surface area contributed by atoms with Crippen LogP contribution in [0.5, 0.6) is 0 Å². The number of aliphatic carboxylic acids is 1. The van der Waals surface area contributed by atoms with Crippen molar-refractivity contribution in [2.75, 3.05) is 24.5 Å². The molecule has 0 saturated carbocycles. The zero-order chi connectivity index (χ0) is 27.1. The van der Waals surface area contributed by atoms with Gasteiger partial charge in [0.25, 0.3) is 11.5 Å². The number of hydrogen-bond acceptors (Lipinski definition) is 7. The molecule has 2 aliphatic rings. The molecule has 4 heterocycles. The standard InChI is InChI=1S/C28H36N4O4S2/c1-20-13-12-18-31-24(20)29-25(30-15-9-7-10-16-30)21(26(31)35)19-22-27(36)32(28(37)38-22)17-11-6-4-2-3-5-8-14-23(33)34/h12-13,18-19H,2-11,14-17H2,1H3,(H,33,34)/b22-19-. The van der Waals surface area contributed by atoms with Gasteiger partial charge in [0.1, 0.15) is 15.8 Å². The Morgan fingerprint density at radius 2 is 1.76 bits per heavy atom. The lowest BCUT2D eigenvalue weighted by Crippen LogP contribution is -2.34. The third-order valence-electron chi connectivity index (χ3n) is 7.14. The number of amides is 1. The van der Waals surface area contributed by atoms with Crippen LogP contribution in [0.2, 0.25) is 0 Å². The molecule has 2 aromatic heterocycles. The first-order valence-corrected chi connectivity index (χ1v) is 14.8. The van der Waals surface area contributed by atoms with Gasteiger partial charge in [0, 0.05) is 32.3 Å². The summed E-state index contributed by atoms with van der Waals surface area (Å²) >= 11 is 6.79. The average molecular weight is 557 g/mol. The summed E-state index contributed by atoms with van der Waals surface area (Å²) in [4.78, 5) is 46.7. The molecular formula is C28H36N4O4S2. The molecule has 4 rings (SSSR count). The van der Waals surface area contributed by atoms with Crippen LogP contribution in [0.4, 0.5) is 5.82 Å². The van der Waals surface area contributed by atoms with Crippen molar-refractivity contribution < 1.29 is 14.7 Å². The highest BCUT2D eigenvalue weighted by molar-refractivity contribution is 8.26. The summed E-state index contributed by atoms with van der Waals surface area (Å²) in [7, 11) is 0. The van der Waals surface area contributed by atoms with E-state index in [1.54, 1.807) is 21.6 Å². The fourth-order valence-electron chi connectivity index (χ4n) is 5.03. The number of piperidine rings is 1. The molecule has 0 aromatic carbocycles. The Hall–Kier alpha value is -2.72. The highest BCUT2D eigenvalue weighted by Gasteiger charge is 2.32.